The van der Waals surface area contributed by atoms with Crippen molar-refractivity contribution in [3.63, 3.8) is 0 Å². The molecule has 2 heterocycles. The number of aromatic nitrogens is 2. The zero-order chi connectivity index (χ0) is 20.0. The van der Waals surface area contributed by atoms with Crippen molar-refractivity contribution in [1.29, 1.82) is 0 Å². The molecular formula is C16H21N5O6. The fraction of sp³-hybridized carbons (Fsp3) is 0.500. The number of aliphatic carboxylic acids is 1. The van der Waals surface area contributed by atoms with Crippen LogP contribution in [0.5, 0.6) is 0 Å². The number of carbonyl (C=O) groups excluding carboxylic acids is 2. The molecule has 0 bridgehead atoms. The molecule has 11 heteroatoms. The Morgan fingerprint density at radius 2 is 1.74 bits per heavy atom. The monoisotopic (exact) mass is 379 g/mol. The maximum Gasteiger partial charge on any atom is 0.356 e. The van der Waals surface area contributed by atoms with Crippen LogP contribution in [0.25, 0.3) is 0 Å². The molecule has 2 rings (SSSR count). The lowest BCUT2D eigenvalue weighted by molar-refractivity contribution is -0.138. The third kappa shape index (κ3) is 5.12. The molecule has 11 nitrogen and oxygen atoms in total. The second kappa shape index (κ2) is 8.92. The minimum absolute atomic E-state index is 0.132. The number of rotatable bonds is 6. The Morgan fingerprint density at radius 1 is 1.15 bits per heavy atom. The van der Waals surface area contributed by atoms with E-state index in [0.29, 0.717) is 32.5 Å². The Morgan fingerprint density at radius 3 is 2.22 bits per heavy atom. The van der Waals surface area contributed by atoms with Crippen LogP contribution in [0.3, 0.4) is 0 Å². The van der Waals surface area contributed by atoms with Crippen LogP contribution in [0.4, 0.5) is 4.79 Å². The number of nitrogens with zero attached hydrogens (tertiary/aromatic N) is 4. The summed E-state index contributed by atoms with van der Waals surface area (Å²) in [5.74, 6) is -3.09. The van der Waals surface area contributed by atoms with Gasteiger partial charge in [-0.15, -0.1) is 0 Å². The van der Waals surface area contributed by atoms with Gasteiger partial charge in [0.1, 0.15) is 12.2 Å². The average Bonchev–Trinajstić information content (AvgIpc) is 2.66. The molecule has 1 aromatic heterocycles. The maximum atomic E-state index is 12.7. The molecule has 0 unspecified atom stereocenters. The van der Waals surface area contributed by atoms with Gasteiger partial charge in [0.2, 0.25) is 0 Å². The van der Waals surface area contributed by atoms with Crippen LogP contribution < -0.4 is 5.32 Å². The van der Waals surface area contributed by atoms with Crippen LogP contribution in [0.15, 0.2) is 12.4 Å². The number of nitrogens with one attached hydrogen (secondary N) is 1. The van der Waals surface area contributed by atoms with Gasteiger partial charge in [-0.1, -0.05) is 0 Å². The molecule has 3 N–H and O–H groups in total. The second-order valence-electron chi connectivity index (χ2n) is 5.97. The Labute approximate surface area is 155 Å². The van der Waals surface area contributed by atoms with Gasteiger partial charge in [-0.3, -0.25) is 9.59 Å². The lowest BCUT2D eigenvalue weighted by Crippen LogP contribution is -2.52. The smallest absolute Gasteiger partial charge is 0.356 e. The van der Waals surface area contributed by atoms with E-state index < -0.39 is 24.4 Å². The van der Waals surface area contributed by atoms with Crippen molar-refractivity contribution in [3.8, 4) is 0 Å². The van der Waals surface area contributed by atoms with Crippen molar-refractivity contribution in [3.05, 3.63) is 23.8 Å². The lowest BCUT2D eigenvalue weighted by Gasteiger charge is -2.37. The summed E-state index contributed by atoms with van der Waals surface area (Å²) in [5, 5.41) is 20.7. The van der Waals surface area contributed by atoms with Gasteiger partial charge in [-0.05, 0) is 19.8 Å². The number of aromatic carboxylic acids is 1. The van der Waals surface area contributed by atoms with E-state index in [1.165, 1.54) is 4.90 Å². The molecule has 3 amide bonds. The molecule has 0 atom stereocenters. The number of carboxylic acid groups (broad SMARTS) is 2. The summed E-state index contributed by atoms with van der Waals surface area (Å²) in [6.07, 6.45) is 2.82. The van der Waals surface area contributed by atoms with Gasteiger partial charge >= 0.3 is 18.0 Å². The number of hydrogen-bond donors (Lipinski definition) is 3. The topological polar surface area (TPSA) is 153 Å². The molecular weight excluding hydrogens is 358 g/mol. The van der Waals surface area contributed by atoms with Crippen LogP contribution >= 0.6 is 0 Å². The van der Waals surface area contributed by atoms with Crippen molar-refractivity contribution >= 4 is 23.9 Å². The molecule has 0 spiro atoms. The van der Waals surface area contributed by atoms with Crippen LogP contribution in [0.2, 0.25) is 0 Å². The number of carbonyl (C=O) groups is 4. The zero-order valence-corrected chi connectivity index (χ0v) is 14.8. The van der Waals surface area contributed by atoms with Crippen molar-refractivity contribution in [2.45, 2.75) is 25.8 Å². The second-order valence-corrected chi connectivity index (χ2v) is 5.97. The quantitative estimate of drug-likeness (QED) is 0.619. The normalized spacial score (nSPS) is 14.5. The molecule has 0 aliphatic carbocycles. The first kappa shape index (κ1) is 20.1. The average molecular weight is 379 g/mol. The molecule has 0 aromatic carbocycles. The highest BCUT2D eigenvalue weighted by atomic mass is 16.4. The fourth-order valence-electron chi connectivity index (χ4n) is 2.85. The summed E-state index contributed by atoms with van der Waals surface area (Å²) in [7, 11) is 0. The number of amides is 3. The summed E-state index contributed by atoms with van der Waals surface area (Å²) in [6.45, 7) is 2.59. The summed E-state index contributed by atoms with van der Waals surface area (Å²) < 4.78 is 0. The number of urea groups is 1. The Hall–Kier alpha value is -3.24. The summed E-state index contributed by atoms with van der Waals surface area (Å²) in [4.78, 5) is 56.8. The highest BCUT2D eigenvalue weighted by Crippen LogP contribution is 2.18. The third-order valence-electron chi connectivity index (χ3n) is 4.18. The number of carboxylic acids is 2. The first-order valence-electron chi connectivity index (χ1n) is 8.44. The maximum absolute atomic E-state index is 12.7. The van der Waals surface area contributed by atoms with E-state index in [4.69, 9.17) is 10.2 Å². The summed E-state index contributed by atoms with van der Waals surface area (Å²) >= 11 is 0. The fourth-order valence-corrected chi connectivity index (χ4v) is 2.85. The van der Waals surface area contributed by atoms with Crippen molar-refractivity contribution < 1.29 is 29.4 Å². The van der Waals surface area contributed by atoms with Crippen LogP contribution in [0, 0.1) is 0 Å². The number of hydrogen-bond acceptors (Lipinski definition) is 6. The van der Waals surface area contributed by atoms with E-state index in [9.17, 15) is 19.2 Å². The van der Waals surface area contributed by atoms with E-state index in [2.05, 4.69) is 15.3 Å². The minimum atomic E-state index is -1.28. The van der Waals surface area contributed by atoms with Gasteiger partial charge in [-0.2, -0.15) is 0 Å². The lowest BCUT2D eigenvalue weighted by atomic mass is 10.0. The van der Waals surface area contributed by atoms with E-state index in [0.717, 1.165) is 12.4 Å². The Bertz CT molecular complexity index is 715. The number of likely N-dealkylation sites (tertiary alicyclic amines) is 1. The van der Waals surface area contributed by atoms with E-state index in [1.54, 1.807) is 4.90 Å². The summed E-state index contributed by atoms with van der Waals surface area (Å²) in [5.41, 5.74) is -0.445. The highest BCUT2D eigenvalue weighted by Gasteiger charge is 2.32. The predicted molar refractivity (Wildman–Crippen MR) is 91.3 cm³/mol. The van der Waals surface area contributed by atoms with E-state index >= 15 is 0 Å². The molecule has 1 aromatic rings. The van der Waals surface area contributed by atoms with Gasteiger partial charge < -0.3 is 25.3 Å². The van der Waals surface area contributed by atoms with Crippen molar-refractivity contribution in [1.82, 2.24) is 25.1 Å². The van der Waals surface area contributed by atoms with Gasteiger partial charge in [0.15, 0.2) is 5.69 Å². The van der Waals surface area contributed by atoms with E-state index in [-0.39, 0.29) is 23.5 Å². The molecule has 1 saturated heterocycles. The Balaban J connectivity index is 2.11. The first-order chi connectivity index (χ1) is 12.8. The SMILES string of the molecule is CCNC(=O)N1CCC(N(CC(=O)O)C(=O)c2cnc(C(=O)O)cn2)CC1. The molecule has 146 valence electrons. The Kier molecular flexibility index (Phi) is 6.63. The predicted octanol–water partition coefficient (Wildman–Crippen LogP) is -0.104. The van der Waals surface area contributed by atoms with E-state index in [1.807, 2.05) is 6.92 Å². The molecule has 1 aliphatic heterocycles. The first-order valence-corrected chi connectivity index (χ1v) is 8.44. The standard InChI is InChI=1S/C16H21N5O6/c1-2-17-16(27)20-5-3-10(4-6-20)21(9-13(22)23)14(24)11-7-19-12(8-18-11)15(25)26/h7-8,10H,2-6,9H2,1H3,(H,17,27)(H,22,23)(H,25,26). The molecule has 27 heavy (non-hydrogen) atoms. The molecule has 1 fully saturated rings. The van der Waals surface area contributed by atoms with Crippen LogP contribution in [-0.4, -0.2) is 86.1 Å². The molecule has 1 aliphatic rings. The van der Waals surface area contributed by atoms with Gasteiger partial charge in [0.05, 0.1) is 12.4 Å². The molecule has 0 radical (unpaired) electrons. The summed E-state index contributed by atoms with van der Waals surface area (Å²) in [6, 6.07) is -0.567. The van der Waals surface area contributed by atoms with Gasteiger partial charge in [0.25, 0.3) is 5.91 Å². The van der Waals surface area contributed by atoms with Crippen molar-refractivity contribution in [2.75, 3.05) is 26.2 Å². The largest absolute Gasteiger partial charge is 0.480 e. The molecule has 0 saturated carbocycles. The number of piperidine rings is 1. The van der Waals surface area contributed by atoms with Gasteiger partial charge in [-0.25, -0.2) is 19.6 Å². The highest BCUT2D eigenvalue weighted by molar-refractivity contribution is 5.94. The zero-order valence-electron chi connectivity index (χ0n) is 14.8. The van der Waals surface area contributed by atoms with Crippen molar-refractivity contribution in [2.24, 2.45) is 0 Å². The van der Waals surface area contributed by atoms with Crippen LogP contribution in [0.1, 0.15) is 40.7 Å². The third-order valence-corrected chi connectivity index (χ3v) is 4.18. The van der Waals surface area contributed by atoms with Gasteiger partial charge in [0, 0.05) is 25.7 Å². The van der Waals surface area contributed by atoms with Crippen LogP contribution in [-0.2, 0) is 4.79 Å². The minimum Gasteiger partial charge on any atom is -0.480 e.